The monoisotopic (exact) mass is 501 g/mol. The average Bonchev–Trinajstić information content (AvgIpc) is 3.27. The highest BCUT2D eigenvalue weighted by Crippen LogP contribution is 2.24. The second-order valence-corrected chi connectivity index (χ2v) is 9.27. The Hall–Kier alpha value is -4.02. The summed E-state index contributed by atoms with van der Waals surface area (Å²) in [7, 11) is 2.15. The van der Waals surface area contributed by atoms with Crippen molar-refractivity contribution >= 4 is 45.7 Å². The van der Waals surface area contributed by atoms with E-state index in [1.807, 2.05) is 31.2 Å². The van der Waals surface area contributed by atoms with Crippen LogP contribution in [0.4, 0.5) is 17.3 Å². The fraction of sp³-hybridized carbons (Fsp3) is 0.240. The fourth-order valence-electron chi connectivity index (χ4n) is 4.51. The summed E-state index contributed by atoms with van der Waals surface area (Å²) >= 11 is 6.41. The molecule has 182 valence electrons. The molecule has 0 radical (unpaired) electrons. The first-order valence-electron chi connectivity index (χ1n) is 11.7. The van der Waals surface area contributed by atoms with Gasteiger partial charge < -0.3 is 15.1 Å². The van der Waals surface area contributed by atoms with Crippen LogP contribution in [-0.4, -0.2) is 67.3 Å². The Kier molecular flexibility index (Phi) is 5.54. The van der Waals surface area contributed by atoms with Gasteiger partial charge in [0.15, 0.2) is 5.65 Å². The van der Waals surface area contributed by atoms with E-state index in [0.717, 1.165) is 31.9 Å². The first kappa shape index (κ1) is 22.4. The van der Waals surface area contributed by atoms with Crippen molar-refractivity contribution in [2.24, 2.45) is 0 Å². The molecule has 0 bridgehead atoms. The van der Waals surface area contributed by atoms with Crippen LogP contribution in [0.3, 0.4) is 0 Å². The zero-order valence-electron chi connectivity index (χ0n) is 19.9. The molecule has 0 amide bonds. The number of anilines is 3. The van der Waals surface area contributed by atoms with Crippen molar-refractivity contribution in [3.8, 4) is 5.69 Å². The van der Waals surface area contributed by atoms with Crippen molar-refractivity contribution < 1.29 is 0 Å². The van der Waals surface area contributed by atoms with E-state index < -0.39 is 0 Å². The largest absolute Gasteiger partial charge is 0.369 e. The molecule has 0 aliphatic carbocycles. The number of likely N-dealkylation sites (N-methyl/N-ethyl adjacent to an activating group) is 1. The zero-order valence-corrected chi connectivity index (χ0v) is 20.6. The number of aryl methyl sites for hydroxylation is 1. The molecule has 10 nitrogen and oxygen atoms in total. The number of nitrogens with one attached hydrogen (secondary N) is 1. The minimum absolute atomic E-state index is 0.318. The number of nitrogens with zero attached hydrogens (tertiary/aromatic N) is 8. The highest BCUT2D eigenvalue weighted by atomic mass is 35.5. The van der Waals surface area contributed by atoms with Gasteiger partial charge >= 0.3 is 0 Å². The predicted molar refractivity (Wildman–Crippen MR) is 141 cm³/mol. The van der Waals surface area contributed by atoms with E-state index in [1.54, 1.807) is 16.5 Å². The molecule has 4 heterocycles. The van der Waals surface area contributed by atoms with E-state index in [-0.39, 0.29) is 5.56 Å². The Morgan fingerprint density at radius 3 is 2.47 bits per heavy atom. The van der Waals surface area contributed by atoms with Gasteiger partial charge in [0.25, 0.3) is 5.56 Å². The summed E-state index contributed by atoms with van der Waals surface area (Å²) in [5, 5.41) is 12.5. The molecule has 0 spiro atoms. The van der Waals surface area contributed by atoms with Crippen molar-refractivity contribution in [1.29, 1.82) is 0 Å². The number of hydrogen-bond acceptors (Lipinski definition) is 8. The van der Waals surface area contributed by atoms with Gasteiger partial charge in [-0.3, -0.25) is 4.79 Å². The van der Waals surface area contributed by atoms with E-state index in [4.69, 9.17) is 11.6 Å². The fourth-order valence-corrected chi connectivity index (χ4v) is 4.73. The Balaban J connectivity index is 1.38. The summed E-state index contributed by atoms with van der Waals surface area (Å²) in [5.74, 6) is 1.30. The number of halogens is 1. The number of para-hydroxylation sites is 1. The second-order valence-electron chi connectivity index (χ2n) is 8.87. The van der Waals surface area contributed by atoms with Crippen LogP contribution in [0.25, 0.3) is 22.5 Å². The van der Waals surface area contributed by atoms with Crippen molar-refractivity contribution in [3.05, 3.63) is 75.9 Å². The molecule has 1 aliphatic heterocycles. The molecule has 1 fully saturated rings. The van der Waals surface area contributed by atoms with E-state index in [2.05, 4.69) is 54.5 Å². The van der Waals surface area contributed by atoms with Gasteiger partial charge in [-0.05, 0) is 50.4 Å². The first-order valence-corrected chi connectivity index (χ1v) is 12.1. The molecule has 5 aromatic rings. The minimum atomic E-state index is -0.318. The normalized spacial score (nSPS) is 14.6. The second kappa shape index (κ2) is 8.89. The van der Waals surface area contributed by atoms with Crippen LogP contribution in [0.15, 0.2) is 59.5 Å². The molecule has 1 aliphatic rings. The maximum Gasteiger partial charge on any atom is 0.270 e. The zero-order chi connectivity index (χ0) is 24.8. The SMILES string of the molecule is Cc1nnc2n(-c3ccccc3Cl)c(=O)c3cnc(Nc4ccc(N5CCN(C)CC5)cc4)nc3n12. The molecule has 2 aromatic carbocycles. The van der Waals surface area contributed by atoms with Crippen molar-refractivity contribution in [1.82, 2.24) is 34.0 Å². The Morgan fingerprint density at radius 1 is 0.972 bits per heavy atom. The first-order chi connectivity index (χ1) is 17.5. The maximum atomic E-state index is 13.5. The molecule has 36 heavy (non-hydrogen) atoms. The quantitative estimate of drug-likeness (QED) is 0.401. The van der Waals surface area contributed by atoms with Crippen LogP contribution in [0.1, 0.15) is 5.82 Å². The van der Waals surface area contributed by atoms with Crippen LogP contribution in [0, 0.1) is 6.92 Å². The molecule has 1 saturated heterocycles. The lowest BCUT2D eigenvalue weighted by Crippen LogP contribution is -2.44. The van der Waals surface area contributed by atoms with Gasteiger partial charge in [0, 0.05) is 43.8 Å². The smallest absolute Gasteiger partial charge is 0.270 e. The molecule has 1 N–H and O–H groups in total. The topological polar surface area (TPSA) is 96.5 Å². The third kappa shape index (κ3) is 3.84. The molecule has 3 aromatic heterocycles. The molecule has 11 heteroatoms. The van der Waals surface area contributed by atoms with E-state index in [1.165, 1.54) is 16.5 Å². The maximum absolute atomic E-state index is 13.5. The summed E-state index contributed by atoms with van der Waals surface area (Å²) in [6.07, 6.45) is 1.53. The highest BCUT2D eigenvalue weighted by molar-refractivity contribution is 6.32. The molecular weight excluding hydrogens is 478 g/mol. The standard InChI is InChI=1S/C25H24ClN9O/c1-16-30-31-25-34(16)22-19(23(36)35(25)21-6-4-3-5-20(21)26)15-27-24(29-22)28-17-7-9-18(10-8-17)33-13-11-32(2)12-14-33/h3-10,15H,11-14H2,1-2H3,(H,27,28,29). The van der Waals surface area contributed by atoms with Gasteiger partial charge in [-0.15, -0.1) is 10.2 Å². The van der Waals surface area contributed by atoms with Crippen molar-refractivity contribution in [3.63, 3.8) is 0 Å². The number of aromatic nitrogens is 6. The number of benzene rings is 2. The summed E-state index contributed by atoms with van der Waals surface area (Å²) < 4.78 is 3.18. The number of hydrogen-bond donors (Lipinski definition) is 1. The van der Waals surface area contributed by atoms with Crippen LogP contribution in [0.5, 0.6) is 0 Å². The van der Waals surface area contributed by atoms with Crippen LogP contribution < -0.4 is 15.8 Å². The van der Waals surface area contributed by atoms with E-state index in [9.17, 15) is 4.79 Å². The Morgan fingerprint density at radius 2 is 1.72 bits per heavy atom. The van der Waals surface area contributed by atoms with Gasteiger partial charge in [-0.25, -0.2) is 14.0 Å². The summed E-state index contributed by atoms with van der Waals surface area (Å²) in [4.78, 5) is 27.3. The van der Waals surface area contributed by atoms with Gasteiger partial charge in [0.1, 0.15) is 11.2 Å². The van der Waals surface area contributed by atoms with E-state index in [0.29, 0.717) is 39.3 Å². The van der Waals surface area contributed by atoms with Gasteiger partial charge in [-0.2, -0.15) is 4.98 Å². The van der Waals surface area contributed by atoms with Gasteiger partial charge in [-0.1, -0.05) is 23.7 Å². The number of piperazine rings is 1. The van der Waals surface area contributed by atoms with Gasteiger partial charge in [0.2, 0.25) is 11.7 Å². The lowest BCUT2D eigenvalue weighted by molar-refractivity contribution is 0.313. The molecule has 0 atom stereocenters. The minimum Gasteiger partial charge on any atom is -0.369 e. The van der Waals surface area contributed by atoms with Crippen LogP contribution in [-0.2, 0) is 0 Å². The van der Waals surface area contributed by atoms with E-state index >= 15 is 0 Å². The Labute approximate surface area is 211 Å². The highest BCUT2D eigenvalue weighted by Gasteiger charge is 2.19. The summed E-state index contributed by atoms with van der Waals surface area (Å²) in [6.45, 7) is 5.95. The number of fused-ring (bicyclic) bond motifs is 3. The molecular formula is C25H24ClN9O. The van der Waals surface area contributed by atoms with Crippen LogP contribution in [0.2, 0.25) is 5.02 Å². The van der Waals surface area contributed by atoms with Crippen LogP contribution >= 0.6 is 11.6 Å². The van der Waals surface area contributed by atoms with Crippen molar-refractivity contribution in [2.75, 3.05) is 43.4 Å². The van der Waals surface area contributed by atoms with Crippen molar-refractivity contribution in [2.45, 2.75) is 6.92 Å². The number of rotatable bonds is 4. The molecule has 6 rings (SSSR count). The lowest BCUT2D eigenvalue weighted by atomic mass is 10.2. The summed E-state index contributed by atoms with van der Waals surface area (Å²) in [6, 6.07) is 15.3. The van der Waals surface area contributed by atoms with Gasteiger partial charge in [0.05, 0.1) is 10.7 Å². The molecule has 0 saturated carbocycles. The Bertz CT molecular complexity index is 1640. The average molecular weight is 502 g/mol. The third-order valence-corrected chi connectivity index (χ3v) is 6.83. The lowest BCUT2D eigenvalue weighted by Gasteiger charge is -2.34. The molecule has 0 unspecified atom stereocenters. The summed E-state index contributed by atoms with van der Waals surface area (Å²) in [5.41, 5.74) is 2.67. The third-order valence-electron chi connectivity index (χ3n) is 6.51. The predicted octanol–water partition coefficient (Wildman–Crippen LogP) is 3.28.